The Hall–Kier alpha value is -1.44. The molecule has 0 heterocycles. The molecule has 146 valence electrons. The van der Waals surface area contributed by atoms with Crippen molar-refractivity contribution in [3.05, 3.63) is 28.3 Å². The Morgan fingerprint density at radius 3 is 1.81 bits per heavy atom. The van der Waals surface area contributed by atoms with Gasteiger partial charge in [0.05, 0.1) is 11.4 Å². The van der Waals surface area contributed by atoms with Gasteiger partial charge in [-0.25, -0.2) is 4.99 Å². The molecule has 2 aliphatic rings. The summed E-state index contributed by atoms with van der Waals surface area (Å²) in [4.78, 5) is 16.5. The summed E-state index contributed by atoms with van der Waals surface area (Å²) in [5.74, 6) is 1.55. The van der Waals surface area contributed by atoms with Crippen LogP contribution < -0.4 is 0 Å². The fourth-order valence-electron chi connectivity index (χ4n) is 3.17. The van der Waals surface area contributed by atoms with Gasteiger partial charge in [-0.3, -0.25) is 4.79 Å². The SMILES string of the molecule is CC.CCC.CCC(=Nc1c(C2CC2)cc(C2CC2)c(C)c1C)C(C)=O. The lowest BCUT2D eigenvalue weighted by molar-refractivity contribution is -0.111. The number of benzene rings is 1. The van der Waals surface area contributed by atoms with E-state index in [2.05, 4.69) is 33.8 Å². The maximum atomic E-state index is 11.7. The lowest BCUT2D eigenvalue weighted by Crippen LogP contribution is -2.08. The van der Waals surface area contributed by atoms with E-state index in [1.807, 2.05) is 20.8 Å². The van der Waals surface area contributed by atoms with Crippen molar-refractivity contribution >= 4 is 17.2 Å². The summed E-state index contributed by atoms with van der Waals surface area (Å²) in [5.41, 5.74) is 7.40. The van der Waals surface area contributed by atoms with E-state index in [9.17, 15) is 4.79 Å². The lowest BCUT2D eigenvalue weighted by atomic mass is 9.92. The summed E-state index contributed by atoms with van der Waals surface area (Å²) in [5, 5.41) is 0. The summed E-state index contributed by atoms with van der Waals surface area (Å²) < 4.78 is 0. The summed E-state index contributed by atoms with van der Waals surface area (Å²) in [6.07, 6.45) is 7.18. The average Bonchev–Trinajstić information content (AvgIpc) is 3.50. The molecule has 0 amide bonds. The Bertz CT molecular complexity index is 634. The Balaban J connectivity index is 0.000000615. The first-order valence-electron chi connectivity index (χ1n) is 10.7. The summed E-state index contributed by atoms with van der Waals surface area (Å²) >= 11 is 0. The molecule has 0 N–H and O–H groups in total. The number of hydrogen-bond acceptors (Lipinski definition) is 2. The molecule has 0 unspecified atom stereocenters. The molecule has 0 aliphatic heterocycles. The molecule has 1 aromatic rings. The Morgan fingerprint density at radius 1 is 0.962 bits per heavy atom. The first-order valence-corrected chi connectivity index (χ1v) is 10.7. The highest BCUT2D eigenvalue weighted by molar-refractivity contribution is 6.39. The zero-order valence-corrected chi connectivity index (χ0v) is 18.3. The third-order valence-corrected chi connectivity index (χ3v) is 4.96. The second-order valence-corrected chi connectivity index (χ2v) is 7.38. The van der Waals surface area contributed by atoms with E-state index in [-0.39, 0.29) is 5.78 Å². The molecule has 26 heavy (non-hydrogen) atoms. The van der Waals surface area contributed by atoms with Gasteiger partial charge >= 0.3 is 0 Å². The smallest absolute Gasteiger partial charge is 0.173 e. The molecule has 2 nitrogen and oxygen atoms in total. The molecule has 0 atom stereocenters. The van der Waals surface area contributed by atoms with E-state index >= 15 is 0 Å². The maximum absolute atomic E-state index is 11.7. The van der Waals surface area contributed by atoms with Crippen molar-refractivity contribution in [2.75, 3.05) is 0 Å². The van der Waals surface area contributed by atoms with Gasteiger partial charge < -0.3 is 0 Å². The zero-order valence-electron chi connectivity index (χ0n) is 18.3. The standard InChI is InChI=1S/C19H25NO.C3H8.C2H6/c1-5-18(13(4)21)20-19-12(3)11(2)16(14-6-7-14)10-17(19)15-8-9-15;1-3-2;1-2/h10,14-15H,5-9H2,1-4H3;3H2,1-2H3;1-2H3. The number of carbonyl (C=O) groups is 1. The van der Waals surface area contributed by atoms with Crippen molar-refractivity contribution in [3.63, 3.8) is 0 Å². The van der Waals surface area contributed by atoms with E-state index in [1.165, 1.54) is 54.4 Å². The van der Waals surface area contributed by atoms with Crippen LogP contribution in [0.15, 0.2) is 11.1 Å². The third kappa shape index (κ3) is 5.79. The van der Waals surface area contributed by atoms with Gasteiger partial charge in [-0.2, -0.15) is 0 Å². The van der Waals surface area contributed by atoms with Gasteiger partial charge in [-0.15, -0.1) is 0 Å². The summed E-state index contributed by atoms with van der Waals surface area (Å²) in [7, 11) is 0. The maximum Gasteiger partial charge on any atom is 0.173 e. The molecule has 2 saturated carbocycles. The molecule has 1 aromatic carbocycles. The number of aliphatic imine (C=N–C) groups is 1. The van der Waals surface area contributed by atoms with Crippen LogP contribution in [0.2, 0.25) is 0 Å². The number of hydrogen-bond donors (Lipinski definition) is 0. The van der Waals surface area contributed by atoms with Crippen LogP contribution in [0.25, 0.3) is 0 Å². The third-order valence-electron chi connectivity index (χ3n) is 4.96. The highest BCUT2D eigenvalue weighted by Crippen LogP contribution is 2.50. The van der Waals surface area contributed by atoms with Crippen molar-refractivity contribution in [1.29, 1.82) is 0 Å². The summed E-state index contributed by atoms with van der Waals surface area (Å²) in [6.45, 7) is 16.3. The van der Waals surface area contributed by atoms with Gasteiger partial charge in [0.25, 0.3) is 0 Å². The van der Waals surface area contributed by atoms with Crippen LogP contribution >= 0.6 is 0 Å². The Labute approximate surface area is 161 Å². The Morgan fingerprint density at radius 2 is 1.42 bits per heavy atom. The van der Waals surface area contributed by atoms with Crippen molar-refractivity contribution < 1.29 is 4.79 Å². The molecule has 2 fully saturated rings. The fourth-order valence-corrected chi connectivity index (χ4v) is 3.17. The van der Waals surface area contributed by atoms with Crippen molar-refractivity contribution in [1.82, 2.24) is 0 Å². The van der Waals surface area contributed by atoms with Gasteiger partial charge in [-0.1, -0.05) is 47.1 Å². The van der Waals surface area contributed by atoms with Crippen molar-refractivity contribution in [2.45, 2.75) is 106 Å². The normalized spacial score (nSPS) is 16.2. The number of ketones is 1. The number of Topliss-reactive ketones (excluding diaryl/α,β-unsaturated/α-hetero) is 1. The van der Waals surface area contributed by atoms with Crippen LogP contribution in [0.4, 0.5) is 5.69 Å². The second-order valence-electron chi connectivity index (χ2n) is 7.38. The van der Waals surface area contributed by atoms with Gasteiger partial charge in [0.2, 0.25) is 0 Å². The molecular weight excluding hydrogens is 318 g/mol. The van der Waals surface area contributed by atoms with Crippen molar-refractivity contribution in [2.24, 2.45) is 4.99 Å². The van der Waals surface area contributed by atoms with E-state index in [0.717, 1.165) is 11.6 Å². The molecule has 0 radical (unpaired) electrons. The molecule has 0 bridgehead atoms. The van der Waals surface area contributed by atoms with E-state index in [0.29, 0.717) is 18.1 Å². The van der Waals surface area contributed by atoms with E-state index < -0.39 is 0 Å². The van der Waals surface area contributed by atoms with Crippen LogP contribution in [-0.4, -0.2) is 11.5 Å². The number of rotatable bonds is 5. The molecule has 3 rings (SSSR count). The minimum atomic E-state index is 0.0996. The predicted molar refractivity (Wildman–Crippen MR) is 115 cm³/mol. The summed E-state index contributed by atoms with van der Waals surface area (Å²) in [6, 6.07) is 2.41. The van der Waals surface area contributed by atoms with E-state index in [1.54, 1.807) is 6.92 Å². The lowest BCUT2D eigenvalue weighted by Gasteiger charge is -2.16. The average molecular weight is 358 g/mol. The zero-order chi connectivity index (χ0) is 19.9. The predicted octanol–water partition coefficient (Wildman–Crippen LogP) is 7.57. The monoisotopic (exact) mass is 357 g/mol. The second kappa shape index (κ2) is 10.6. The van der Waals surface area contributed by atoms with E-state index in [4.69, 9.17) is 4.99 Å². The molecule has 0 saturated heterocycles. The van der Waals surface area contributed by atoms with Crippen LogP contribution in [0.3, 0.4) is 0 Å². The molecule has 0 spiro atoms. The molecule has 2 aliphatic carbocycles. The quantitative estimate of drug-likeness (QED) is 0.499. The van der Waals surface area contributed by atoms with Crippen LogP contribution in [-0.2, 0) is 4.79 Å². The highest BCUT2D eigenvalue weighted by Gasteiger charge is 2.32. The molecule has 2 heteroatoms. The highest BCUT2D eigenvalue weighted by atomic mass is 16.1. The minimum absolute atomic E-state index is 0.0996. The molecule has 0 aromatic heterocycles. The van der Waals surface area contributed by atoms with Gasteiger partial charge in [0, 0.05) is 6.92 Å². The van der Waals surface area contributed by atoms with Gasteiger partial charge in [-0.05, 0) is 80.0 Å². The van der Waals surface area contributed by atoms with Crippen LogP contribution in [0, 0.1) is 13.8 Å². The van der Waals surface area contributed by atoms with Crippen LogP contribution in [0.5, 0.6) is 0 Å². The fraction of sp³-hybridized carbons (Fsp3) is 0.667. The van der Waals surface area contributed by atoms with Gasteiger partial charge in [0.15, 0.2) is 5.78 Å². The number of nitrogens with zero attached hydrogens (tertiary/aromatic N) is 1. The topological polar surface area (TPSA) is 29.4 Å². The number of carbonyl (C=O) groups excluding carboxylic acids is 1. The minimum Gasteiger partial charge on any atom is -0.293 e. The largest absolute Gasteiger partial charge is 0.293 e. The van der Waals surface area contributed by atoms with Gasteiger partial charge in [0.1, 0.15) is 0 Å². The van der Waals surface area contributed by atoms with Crippen molar-refractivity contribution in [3.8, 4) is 0 Å². The molecular formula is C24H39NO. The Kier molecular flexibility index (Phi) is 9.25. The first-order chi connectivity index (χ1) is 12.4. The first kappa shape index (κ1) is 22.6. The van der Waals surface area contributed by atoms with Crippen LogP contribution in [0.1, 0.15) is 114 Å².